The van der Waals surface area contributed by atoms with Crippen molar-refractivity contribution in [2.45, 2.75) is 6.92 Å². The summed E-state index contributed by atoms with van der Waals surface area (Å²) < 4.78 is 18.0. The van der Waals surface area contributed by atoms with Crippen LogP contribution in [0.3, 0.4) is 0 Å². The van der Waals surface area contributed by atoms with Gasteiger partial charge in [0.05, 0.1) is 11.6 Å². The maximum Gasteiger partial charge on any atom is 0.173 e. The molecule has 0 saturated heterocycles. The molecule has 0 spiro atoms. The molecule has 0 aliphatic carbocycles. The average molecular weight is 190 g/mol. The van der Waals surface area contributed by atoms with Gasteiger partial charge in [-0.25, -0.2) is 4.39 Å². The molecule has 0 aromatic heterocycles. The first kappa shape index (κ1) is 9.13. The summed E-state index contributed by atoms with van der Waals surface area (Å²) in [4.78, 5) is 0. The maximum absolute atomic E-state index is 13.0. The minimum Gasteiger partial charge on any atom is -0.489 e. The summed E-state index contributed by atoms with van der Waals surface area (Å²) in [5, 5.41) is 0.203. The Morgan fingerprint density at radius 1 is 1.58 bits per heavy atom. The van der Waals surface area contributed by atoms with E-state index in [0.29, 0.717) is 12.3 Å². The number of ether oxygens (including phenoxy) is 1. The van der Waals surface area contributed by atoms with E-state index in [1.807, 2.05) is 0 Å². The molecule has 0 atom stereocenters. The van der Waals surface area contributed by atoms with Crippen LogP contribution in [-0.2, 0) is 0 Å². The molecule has 1 aromatic rings. The molecule has 0 fully saturated rings. The van der Waals surface area contributed by atoms with Gasteiger partial charge in [-0.2, -0.15) is 0 Å². The van der Waals surface area contributed by atoms with E-state index < -0.39 is 5.82 Å². The van der Waals surface area contributed by atoms with Gasteiger partial charge in [0.2, 0.25) is 0 Å². The third-order valence-electron chi connectivity index (χ3n) is 1.31. The van der Waals surface area contributed by atoms with Crippen molar-refractivity contribution in [1.82, 2.24) is 0 Å². The molecule has 0 heterocycles. The second kappa shape index (κ2) is 3.63. The first-order chi connectivity index (χ1) is 5.65. The summed E-state index contributed by atoms with van der Waals surface area (Å²) in [6.45, 7) is 2.13. The van der Waals surface area contributed by atoms with E-state index in [9.17, 15) is 4.39 Å². The van der Waals surface area contributed by atoms with Gasteiger partial charge in [0.1, 0.15) is 0 Å². The monoisotopic (exact) mass is 189 g/mol. The molecule has 0 aliphatic heterocycles. The lowest BCUT2D eigenvalue weighted by Crippen LogP contribution is -1.97. The number of halogens is 2. The average Bonchev–Trinajstić information content (AvgIpc) is 1.96. The lowest BCUT2D eigenvalue weighted by atomic mass is 10.3. The number of hydrogen-bond acceptors (Lipinski definition) is 2. The van der Waals surface area contributed by atoms with Gasteiger partial charge in [0.25, 0.3) is 0 Å². The zero-order chi connectivity index (χ0) is 9.14. The van der Waals surface area contributed by atoms with Gasteiger partial charge in [0, 0.05) is 11.8 Å². The number of benzene rings is 1. The fourth-order valence-corrected chi connectivity index (χ4v) is 1.13. The summed E-state index contributed by atoms with van der Waals surface area (Å²) in [5.41, 5.74) is 5.64. The van der Waals surface area contributed by atoms with E-state index >= 15 is 0 Å². The van der Waals surface area contributed by atoms with Crippen molar-refractivity contribution in [3.63, 3.8) is 0 Å². The Labute approximate surface area is 75.1 Å². The number of anilines is 1. The minimum absolute atomic E-state index is 0.0633. The smallest absolute Gasteiger partial charge is 0.173 e. The van der Waals surface area contributed by atoms with Crippen LogP contribution in [-0.4, -0.2) is 6.61 Å². The molecule has 0 radical (unpaired) electrons. The maximum atomic E-state index is 13.0. The quantitative estimate of drug-likeness (QED) is 0.726. The van der Waals surface area contributed by atoms with E-state index in [-0.39, 0.29) is 10.8 Å². The Morgan fingerprint density at radius 3 is 2.75 bits per heavy atom. The predicted molar refractivity (Wildman–Crippen MR) is 47.0 cm³/mol. The molecule has 0 unspecified atom stereocenters. The van der Waals surface area contributed by atoms with Crippen molar-refractivity contribution in [3.8, 4) is 5.75 Å². The van der Waals surface area contributed by atoms with E-state index in [1.54, 1.807) is 6.92 Å². The number of hydrogen-bond donors (Lipinski definition) is 1. The van der Waals surface area contributed by atoms with Crippen LogP contribution in [0.2, 0.25) is 5.02 Å². The standard InChI is InChI=1S/C8H9ClFNO/c1-2-12-8-6(9)3-5(11)4-7(8)10/h3-4H,2,11H2,1H3. The third-order valence-corrected chi connectivity index (χ3v) is 1.59. The highest BCUT2D eigenvalue weighted by molar-refractivity contribution is 6.32. The topological polar surface area (TPSA) is 35.2 Å². The summed E-state index contributed by atoms with van der Waals surface area (Å²) in [6.07, 6.45) is 0. The molecule has 12 heavy (non-hydrogen) atoms. The number of nitrogen functional groups attached to an aromatic ring is 1. The Balaban J connectivity index is 3.10. The minimum atomic E-state index is -0.526. The lowest BCUT2D eigenvalue weighted by Gasteiger charge is -2.06. The number of nitrogens with two attached hydrogens (primary N) is 1. The Kier molecular flexibility index (Phi) is 2.76. The molecule has 0 bridgehead atoms. The van der Waals surface area contributed by atoms with Crippen molar-refractivity contribution in [1.29, 1.82) is 0 Å². The van der Waals surface area contributed by atoms with Gasteiger partial charge in [-0.05, 0) is 13.0 Å². The lowest BCUT2D eigenvalue weighted by molar-refractivity contribution is 0.322. The normalized spacial score (nSPS) is 9.92. The van der Waals surface area contributed by atoms with Gasteiger partial charge in [-0.1, -0.05) is 11.6 Å². The second-order valence-corrected chi connectivity index (χ2v) is 2.65. The first-order valence-electron chi connectivity index (χ1n) is 3.52. The fraction of sp³-hybridized carbons (Fsp3) is 0.250. The largest absolute Gasteiger partial charge is 0.489 e. The van der Waals surface area contributed by atoms with Gasteiger partial charge < -0.3 is 10.5 Å². The zero-order valence-corrected chi connectivity index (χ0v) is 7.36. The fourth-order valence-electron chi connectivity index (χ4n) is 0.862. The molecule has 0 amide bonds. The van der Waals surface area contributed by atoms with Crippen LogP contribution in [0.4, 0.5) is 10.1 Å². The SMILES string of the molecule is CCOc1c(F)cc(N)cc1Cl. The van der Waals surface area contributed by atoms with E-state index in [2.05, 4.69) is 0 Å². The van der Waals surface area contributed by atoms with Crippen LogP contribution >= 0.6 is 11.6 Å². The van der Waals surface area contributed by atoms with Crippen molar-refractivity contribution in [3.05, 3.63) is 23.0 Å². The molecule has 0 aliphatic rings. The van der Waals surface area contributed by atoms with Gasteiger partial charge >= 0.3 is 0 Å². The van der Waals surface area contributed by atoms with E-state index in [4.69, 9.17) is 22.1 Å². The molecular weight excluding hydrogens is 181 g/mol. The summed E-state index contributed by atoms with van der Waals surface area (Å²) in [6, 6.07) is 2.63. The van der Waals surface area contributed by atoms with Crippen LogP contribution in [0, 0.1) is 5.82 Å². The van der Waals surface area contributed by atoms with Crippen molar-refractivity contribution >= 4 is 17.3 Å². The van der Waals surface area contributed by atoms with E-state index in [1.165, 1.54) is 12.1 Å². The van der Waals surface area contributed by atoms with Crippen molar-refractivity contribution in [2.24, 2.45) is 0 Å². The highest BCUT2D eigenvalue weighted by atomic mass is 35.5. The highest BCUT2D eigenvalue weighted by Crippen LogP contribution is 2.29. The zero-order valence-electron chi connectivity index (χ0n) is 6.60. The molecule has 2 N–H and O–H groups in total. The van der Waals surface area contributed by atoms with Gasteiger partial charge in [0.15, 0.2) is 11.6 Å². The van der Waals surface area contributed by atoms with Crippen LogP contribution in [0.5, 0.6) is 5.75 Å². The van der Waals surface area contributed by atoms with E-state index in [0.717, 1.165) is 0 Å². The molecule has 4 heteroatoms. The number of rotatable bonds is 2. The predicted octanol–water partition coefficient (Wildman–Crippen LogP) is 2.46. The molecular formula is C8H9ClFNO. The third kappa shape index (κ3) is 1.80. The Bertz CT molecular complexity index is 267. The Morgan fingerprint density at radius 2 is 2.25 bits per heavy atom. The molecule has 2 nitrogen and oxygen atoms in total. The Hall–Kier alpha value is -0.960. The van der Waals surface area contributed by atoms with Crippen LogP contribution < -0.4 is 10.5 Å². The molecule has 66 valence electrons. The van der Waals surface area contributed by atoms with Crippen LogP contribution in [0.15, 0.2) is 12.1 Å². The van der Waals surface area contributed by atoms with Crippen molar-refractivity contribution in [2.75, 3.05) is 12.3 Å². The molecule has 1 rings (SSSR count). The second-order valence-electron chi connectivity index (χ2n) is 2.25. The first-order valence-corrected chi connectivity index (χ1v) is 3.90. The summed E-state index contributed by atoms with van der Waals surface area (Å²) >= 11 is 5.67. The van der Waals surface area contributed by atoms with Crippen LogP contribution in [0.1, 0.15) is 6.92 Å². The van der Waals surface area contributed by atoms with Crippen LogP contribution in [0.25, 0.3) is 0 Å². The van der Waals surface area contributed by atoms with Gasteiger partial charge in [-0.15, -0.1) is 0 Å². The summed E-state index contributed by atoms with van der Waals surface area (Å²) in [7, 11) is 0. The van der Waals surface area contributed by atoms with Crippen molar-refractivity contribution < 1.29 is 9.13 Å². The van der Waals surface area contributed by atoms with Gasteiger partial charge in [-0.3, -0.25) is 0 Å². The molecule has 1 aromatic carbocycles. The highest BCUT2D eigenvalue weighted by Gasteiger charge is 2.08. The summed E-state index contributed by atoms with van der Waals surface area (Å²) in [5.74, 6) is -0.463. The molecule has 0 saturated carbocycles.